The van der Waals surface area contributed by atoms with Gasteiger partial charge in [-0.1, -0.05) is 80.4 Å². The maximum Gasteiger partial charge on any atom is 0.521 e. The fourth-order valence-corrected chi connectivity index (χ4v) is 8.00. The van der Waals surface area contributed by atoms with E-state index >= 15 is 0 Å². The van der Waals surface area contributed by atoms with Crippen molar-refractivity contribution in [1.82, 2.24) is 16.0 Å². The molecule has 0 radical (unpaired) electrons. The highest BCUT2D eigenvalue weighted by atomic mass is 31.2. The molecule has 1 aliphatic rings. The lowest BCUT2D eigenvalue weighted by atomic mass is 10.1. The largest absolute Gasteiger partial charge is 0.521 e. The zero-order chi connectivity index (χ0) is 38.9. The van der Waals surface area contributed by atoms with Crippen molar-refractivity contribution in [2.24, 2.45) is 0 Å². The van der Waals surface area contributed by atoms with Crippen LogP contribution in [0.2, 0.25) is 0 Å². The van der Waals surface area contributed by atoms with Crippen molar-refractivity contribution < 1.29 is 56.6 Å². The summed E-state index contributed by atoms with van der Waals surface area (Å²) in [4.78, 5) is 64.8. The maximum atomic E-state index is 14.3. The van der Waals surface area contributed by atoms with Crippen molar-refractivity contribution in [3.63, 3.8) is 0 Å². The monoisotopic (exact) mass is 761 g/mol. The number of carbonyl (C=O) groups excluding carboxylic acids is 4. The SMILES string of the molecule is CCCC[C@@H](NC(=O)[C@H](CCCCNC(=O)OCc1ccccc1)NC(=O)OCc1ccccc1)P(=O)(OC)OC(C)C(=O)[N+]1(C(=O)O)CCC[C@H]1C. The summed E-state index contributed by atoms with van der Waals surface area (Å²) in [6, 6.07) is 16.6. The van der Waals surface area contributed by atoms with Crippen molar-refractivity contribution in [1.29, 1.82) is 0 Å². The molecule has 1 saturated heterocycles. The first-order chi connectivity index (χ1) is 25.4. The van der Waals surface area contributed by atoms with Crippen molar-refractivity contribution in [2.45, 2.75) is 109 Å². The van der Waals surface area contributed by atoms with Crippen LogP contribution in [0.4, 0.5) is 14.4 Å². The summed E-state index contributed by atoms with van der Waals surface area (Å²) < 4.78 is 35.2. The molecule has 1 aliphatic heterocycles. The van der Waals surface area contributed by atoms with Crippen LogP contribution >= 0.6 is 7.60 Å². The number of nitrogens with zero attached hydrogens (tertiary/aromatic N) is 1. The molecule has 1 heterocycles. The summed E-state index contributed by atoms with van der Waals surface area (Å²) in [5, 5.41) is 18.0. The number of nitrogens with one attached hydrogen (secondary N) is 3. The fraction of sp³-hybridized carbons (Fsp3) is 0.541. The van der Waals surface area contributed by atoms with E-state index in [9.17, 15) is 33.6 Å². The Balaban J connectivity index is 1.69. The van der Waals surface area contributed by atoms with E-state index < -0.39 is 66.1 Å². The molecule has 16 heteroatoms. The molecule has 4 N–H and O–H groups in total. The molecule has 0 saturated carbocycles. The Hall–Kier alpha value is -4.30. The van der Waals surface area contributed by atoms with Crippen LogP contribution in [0.1, 0.15) is 83.3 Å². The van der Waals surface area contributed by atoms with Crippen LogP contribution in [-0.4, -0.2) is 83.9 Å². The van der Waals surface area contributed by atoms with Crippen molar-refractivity contribution >= 4 is 37.7 Å². The predicted octanol–water partition coefficient (Wildman–Crippen LogP) is 6.46. The van der Waals surface area contributed by atoms with Gasteiger partial charge in [-0.05, 0) is 50.7 Å². The van der Waals surface area contributed by atoms with Gasteiger partial charge in [-0.3, -0.25) is 13.9 Å². The van der Waals surface area contributed by atoms with E-state index in [1.807, 2.05) is 43.3 Å². The number of hydrogen-bond donors (Lipinski definition) is 4. The van der Waals surface area contributed by atoms with Crippen LogP contribution in [-0.2, 0) is 45.9 Å². The minimum absolute atomic E-state index is 0.0389. The lowest BCUT2D eigenvalue weighted by Crippen LogP contribution is -2.61. The van der Waals surface area contributed by atoms with Gasteiger partial charge in [0.1, 0.15) is 31.1 Å². The highest BCUT2D eigenvalue weighted by molar-refractivity contribution is 7.54. The van der Waals surface area contributed by atoms with Crippen LogP contribution in [0.15, 0.2) is 60.7 Å². The molecule has 5 amide bonds. The molecule has 0 spiro atoms. The number of carboxylic acid groups (broad SMARTS) is 1. The molecule has 292 valence electrons. The lowest BCUT2D eigenvalue weighted by Gasteiger charge is -2.34. The zero-order valence-electron chi connectivity index (χ0n) is 31.0. The third-order valence-electron chi connectivity index (χ3n) is 9.27. The molecule has 2 aromatic carbocycles. The molecule has 0 aliphatic carbocycles. The molecule has 2 aromatic rings. The van der Waals surface area contributed by atoms with Gasteiger partial charge in [0.25, 0.3) is 0 Å². The highest BCUT2D eigenvalue weighted by Crippen LogP contribution is 2.54. The number of rotatable bonds is 20. The molecule has 6 atom stereocenters. The molecule has 1 fully saturated rings. The number of ether oxygens (including phenoxy) is 2. The molecule has 53 heavy (non-hydrogen) atoms. The van der Waals surface area contributed by atoms with E-state index in [2.05, 4.69) is 16.0 Å². The Bertz CT molecular complexity index is 1550. The third-order valence-corrected chi connectivity index (χ3v) is 11.5. The summed E-state index contributed by atoms with van der Waals surface area (Å²) >= 11 is 0. The topological polar surface area (TPSA) is 196 Å². The molecular formula is C37H54N4O11P+. The molecule has 3 unspecified atom stereocenters. The second kappa shape index (κ2) is 21.4. The molecule has 3 rings (SSSR count). The molecule has 0 aromatic heterocycles. The second-order valence-electron chi connectivity index (χ2n) is 13.1. The predicted molar refractivity (Wildman–Crippen MR) is 196 cm³/mol. The normalized spacial score (nSPS) is 19.5. The second-order valence-corrected chi connectivity index (χ2v) is 15.4. The minimum atomic E-state index is -4.29. The van der Waals surface area contributed by atoms with Gasteiger partial charge < -0.3 is 35.1 Å². The minimum Gasteiger partial charge on any atom is -0.445 e. The number of quaternary nitrogens is 1. The van der Waals surface area contributed by atoms with Crippen molar-refractivity contribution in [3.05, 3.63) is 71.8 Å². The Morgan fingerprint density at radius 1 is 0.887 bits per heavy atom. The van der Waals surface area contributed by atoms with Gasteiger partial charge in [-0.15, -0.1) is 0 Å². The van der Waals surface area contributed by atoms with E-state index in [0.29, 0.717) is 38.5 Å². The average molecular weight is 762 g/mol. The summed E-state index contributed by atoms with van der Waals surface area (Å²) in [7, 11) is -3.15. The number of likely N-dealkylation sites (tertiary alicyclic amines) is 1. The number of hydrogen-bond acceptors (Lipinski definition) is 10. The summed E-state index contributed by atoms with van der Waals surface area (Å²) in [6.07, 6.45) is -0.901. The molecular weight excluding hydrogens is 707 g/mol. The van der Waals surface area contributed by atoms with Crippen LogP contribution in [0.5, 0.6) is 0 Å². The highest BCUT2D eigenvalue weighted by Gasteiger charge is 2.56. The Morgan fingerprint density at radius 2 is 1.49 bits per heavy atom. The van der Waals surface area contributed by atoms with Crippen LogP contribution in [0, 0.1) is 0 Å². The van der Waals surface area contributed by atoms with E-state index in [-0.39, 0.29) is 39.1 Å². The van der Waals surface area contributed by atoms with E-state index in [4.69, 9.17) is 18.5 Å². The van der Waals surface area contributed by atoms with E-state index in [0.717, 1.165) is 18.2 Å². The average Bonchev–Trinajstić information content (AvgIpc) is 3.56. The Morgan fingerprint density at radius 3 is 2.02 bits per heavy atom. The number of benzene rings is 2. The Kier molecular flexibility index (Phi) is 17.4. The zero-order valence-corrected chi connectivity index (χ0v) is 31.9. The summed E-state index contributed by atoms with van der Waals surface area (Å²) in [5.74, 6) is -2.69. The van der Waals surface area contributed by atoms with Crippen LogP contribution < -0.4 is 16.0 Å². The Labute approximate surface area is 311 Å². The van der Waals surface area contributed by atoms with Gasteiger partial charge in [0.05, 0.1) is 6.54 Å². The number of unbranched alkanes of at least 4 members (excludes halogenated alkanes) is 2. The van der Waals surface area contributed by atoms with Gasteiger partial charge in [0.2, 0.25) is 5.91 Å². The lowest BCUT2D eigenvalue weighted by molar-refractivity contribution is -0.793. The quantitative estimate of drug-likeness (QED) is 0.0657. The number of carbonyl (C=O) groups is 5. The first-order valence-electron chi connectivity index (χ1n) is 18.1. The fourth-order valence-electron chi connectivity index (χ4n) is 6.20. The number of imide groups is 1. The standard InChI is InChI=1S/C37H53N4O11P/c1-5-6-22-32(53(48,49-4)52-28(3)34(43)41(37(46)47)24-15-16-27(41)2)40-33(42)31(39-36(45)51-26-30-19-11-8-12-20-30)21-13-14-23-38-35(44)50-25-29-17-9-7-10-18-29/h7-12,17-20,27-28,31-32H,5-6,13-16,21-26H2,1-4H3,(H3-,38,39,40,42,44,45,46,47)/p+1/t27-,28?,31+,32+,41?,53?/m1/s1. The van der Waals surface area contributed by atoms with Gasteiger partial charge in [0, 0.05) is 26.5 Å². The van der Waals surface area contributed by atoms with Gasteiger partial charge >= 0.3 is 31.8 Å². The van der Waals surface area contributed by atoms with E-state index in [1.54, 1.807) is 31.2 Å². The number of amides is 5. The number of alkyl carbamates (subject to hydrolysis) is 2. The van der Waals surface area contributed by atoms with Gasteiger partial charge in [-0.2, -0.15) is 9.28 Å². The summed E-state index contributed by atoms with van der Waals surface area (Å²) in [5.41, 5.74) is 1.58. The van der Waals surface area contributed by atoms with Gasteiger partial charge in [0.15, 0.2) is 6.10 Å². The summed E-state index contributed by atoms with van der Waals surface area (Å²) in [6.45, 7) is 5.31. The smallest absolute Gasteiger partial charge is 0.445 e. The van der Waals surface area contributed by atoms with Crippen LogP contribution in [0.25, 0.3) is 0 Å². The van der Waals surface area contributed by atoms with Gasteiger partial charge in [-0.25, -0.2) is 14.4 Å². The first-order valence-corrected chi connectivity index (χ1v) is 19.7. The molecule has 0 bridgehead atoms. The third kappa shape index (κ3) is 12.7. The first kappa shape index (κ1) is 43.1. The van der Waals surface area contributed by atoms with Crippen molar-refractivity contribution in [2.75, 3.05) is 20.2 Å². The maximum absolute atomic E-state index is 14.3. The van der Waals surface area contributed by atoms with E-state index in [1.165, 1.54) is 6.92 Å². The molecule has 15 nitrogen and oxygen atoms in total. The van der Waals surface area contributed by atoms with Crippen molar-refractivity contribution in [3.8, 4) is 0 Å². The van der Waals surface area contributed by atoms with Crippen LogP contribution in [0.3, 0.4) is 0 Å².